The number of aromatic amines is 1. The maximum atomic E-state index is 13.4. The monoisotopic (exact) mass is 474 g/mol. The molecule has 3 aromatic carbocycles. The molecule has 4 aromatic rings. The topological polar surface area (TPSA) is 95.2 Å². The van der Waals surface area contributed by atoms with Crippen LogP contribution in [0.3, 0.4) is 0 Å². The number of imidazole rings is 1. The molecule has 1 amide bonds. The van der Waals surface area contributed by atoms with Crippen LogP contribution in [0.4, 0.5) is 0 Å². The smallest absolute Gasteiger partial charge is 0.243 e. The molecule has 1 aliphatic heterocycles. The first-order valence-electron chi connectivity index (χ1n) is 11.4. The Labute approximate surface area is 198 Å². The highest BCUT2D eigenvalue weighted by atomic mass is 32.2. The number of benzene rings is 3. The third-order valence-corrected chi connectivity index (χ3v) is 8.06. The predicted molar refractivity (Wildman–Crippen MR) is 131 cm³/mol. The molecule has 2 heterocycles. The number of sulfonamides is 1. The summed E-state index contributed by atoms with van der Waals surface area (Å²) in [6.45, 7) is 1.02. The van der Waals surface area contributed by atoms with Crippen molar-refractivity contribution in [3.63, 3.8) is 0 Å². The molecule has 1 saturated heterocycles. The van der Waals surface area contributed by atoms with E-state index >= 15 is 0 Å². The minimum absolute atomic E-state index is 0.111. The predicted octanol–water partition coefficient (Wildman–Crippen LogP) is 3.95. The molecule has 8 heteroatoms. The zero-order valence-corrected chi connectivity index (χ0v) is 19.5. The summed E-state index contributed by atoms with van der Waals surface area (Å²) in [6.07, 6.45) is 1.32. The van der Waals surface area contributed by atoms with Gasteiger partial charge in [-0.3, -0.25) is 4.79 Å². The molecule has 0 aliphatic carbocycles. The van der Waals surface area contributed by atoms with E-state index in [0.717, 1.165) is 11.1 Å². The van der Waals surface area contributed by atoms with E-state index in [0.29, 0.717) is 42.8 Å². The molecule has 0 radical (unpaired) electrons. The van der Waals surface area contributed by atoms with Gasteiger partial charge in [0.15, 0.2) is 0 Å². The lowest BCUT2D eigenvalue weighted by Gasteiger charge is -2.31. The van der Waals surface area contributed by atoms with Gasteiger partial charge in [-0.05, 0) is 36.6 Å². The number of amides is 1. The summed E-state index contributed by atoms with van der Waals surface area (Å²) >= 11 is 0. The molecule has 34 heavy (non-hydrogen) atoms. The summed E-state index contributed by atoms with van der Waals surface area (Å²) in [5.74, 6) is 0.214. The van der Waals surface area contributed by atoms with Gasteiger partial charge in [0, 0.05) is 25.2 Å². The van der Waals surface area contributed by atoms with E-state index in [9.17, 15) is 13.2 Å². The van der Waals surface area contributed by atoms with Crippen LogP contribution in [0.2, 0.25) is 0 Å². The van der Waals surface area contributed by atoms with Crippen molar-refractivity contribution in [1.29, 1.82) is 0 Å². The number of H-pyrrole nitrogens is 1. The fourth-order valence-corrected chi connectivity index (χ4v) is 5.89. The van der Waals surface area contributed by atoms with Crippen LogP contribution in [-0.4, -0.2) is 41.7 Å². The van der Waals surface area contributed by atoms with Crippen molar-refractivity contribution in [3.05, 3.63) is 84.4 Å². The number of nitrogens with zero attached hydrogens (tertiary/aromatic N) is 2. The maximum Gasteiger partial charge on any atom is 0.243 e. The molecule has 0 unspecified atom stereocenters. The molecular formula is C26H26N4O3S. The van der Waals surface area contributed by atoms with Crippen molar-refractivity contribution >= 4 is 27.0 Å². The van der Waals surface area contributed by atoms with Gasteiger partial charge < -0.3 is 10.3 Å². The first-order valence-corrected chi connectivity index (χ1v) is 12.8. The molecule has 5 rings (SSSR count). The largest absolute Gasteiger partial charge is 0.352 e. The third-order valence-electron chi connectivity index (χ3n) is 6.20. The Balaban J connectivity index is 1.32. The highest BCUT2D eigenvalue weighted by Crippen LogP contribution is 2.27. The van der Waals surface area contributed by atoms with E-state index < -0.39 is 10.0 Å². The number of hydrogen-bond acceptors (Lipinski definition) is 4. The zero-order valence-electron chi connectivity index (χ0n) is 18.6. The third kappa shape index (κ3) is 4.60. The van der Waals surface area contributed by atoms with Gasteiger partial charge in [0.25, 0.3) is 0 Å². The van der Waals surface area contributed by atoms with Crippen molar-refractivity contribution in [2.24, 2.45) is 5.92 Å². The lowest BCUT2D eigenvalue weighted by Crippen LogP contribution is -2.45. The fraction of sp³-hybridized carbons (Fsp3) is 0.231. The standard InChI is InChI=1S/C26H26N4O3S/c31-26(27-17-19-8-3-1-4-9-19)21-12-7-15-30(18-21)34(32,33)22-13-14-23-24(16-22)29-25(28-23)20-10-5-2-6-11-20/h1-6,8-11,13-14,16,21H,7,12,15,17-18H2,(H,27,31)(H,28,29)/t21-/m1/s1. The Morgan fingerprint density at radius 1 is 1.03 bits per heavy atom. The molecule has 1 atom stereocenters. The summed E-state index contributed by atoms with van der Waals surface area (Å²) < 4.78 is 28.3. The second-order valence-corrected chi connectivity index (χ2v) is 10.5. The Bertz CT molecular complexity index is 1400. The van der Waals surface area contributed by atoms with Crippen LogP contribution >= 0.6 is 0 Å². The van der Waals surface area contributed by atoms with Gasteiger partial charge in [-0.15, -0.1) is 0 Å². The first kappa shape index (κ1) is 22.3. The van der Waals surface area contributed by atoms with Crippen LogP contribution < -0.4 is 5.32 Å². The molecule has 1 fully saturated rings. The Kier molecular flexibility index (Phi) is 6.17. The minimum atomic E-state index is -3.74. The lowest BCUT2D eigenvalue weighted by atomic mass is 9.99. The van der Waals surface area contributed by atoms with Gasteiger partial charge in [-0.2, -0.15) is 4.31 Å². The lowest BCUT2D eigenvalue weighted by molar-refractivity contribution is -0.126. The van der Waals surface area contributed by atoms with E-state index in [-0.39, 0.29) is 23.3 Å². The van der Waals surface area contributed by atoms with Crippen molar-refractivity contribution in [3.8, 4) is 11.4 Å². The van der Waals surface area contributed by atoms with Crippen molar-refractivity contribution < 1.29 is 13.2 Å². The number of fused-ring (bicyclic) bond motifs is 1. The van der Waals surface area contributed by atoms with Crippen molar-refractivity contribution in [1.82, 2.24) is 19.6 Å². The van der Waals surface area contributed by atoms with Crippen molar-refractivity contribution in [2.45, 2.75) is 24.3 Å². The van der Waals surface area contributed by atoms with Crippen LogP contribution in [0.15, 0.2) is 83.8 Å². The number of carbonyl (C=O) groups is 1. The summed E-state index contributed by atoms with van der Waals surface area (Å²) in [7, 11) is -3.74. The average Bonchev–Trinajstić information content (AvgIpc) is 3.32. The van der Waals surface area contributed by atoms with Gasteiger partial charge >= 0.3 is 0 Å². The Morgan fingerprint density at radius 3 is 2.53 bits per heavy atom. The second-order valence-electron chi connectivity index (χ2n) is 8.54. The molecule has 7 nitrogen and oxygen atoms in total. The molecule has 0 bridgehead atoms. The normalized spacial score (nSPS) is 17.0. The van der Waals surface area contributed by atoms with Gasteiger partial charge in [0.05, 0.1) is 21.8 Å². The number of carbonyl (C=O) groups excluding carboxylic acids is 1. The number of nitrogens with one attached hydrogen (secondary N) is 2. The van der Waals surface area contributed by atoms with E-state index in [1.54, 1.807) is 18.2 Å². The van der Waals surface area contributed by atoms with Crippen LogP contribution in [0.25, 0.3) is 22.4 Å². The Morgan fingerprint density at radius 2 is 1.76 bits per heavy atom. The molecule has 0 saturated carbocycles. The van der Waals surface area contributed by atoms with E-state index in [1.165, 1.54) is 4.31 Å². The zero-order chi connectivity index (χ0) is 23.5. The number of piperidine rings is 1. The molecule has 2 N–H and O–H groups in total. The quantitative estimate of drug-likeness (QED) is 0.442. The van der Waals surface area contributed by atoms with Gasteiger partial charge in [0.2, 0.25) is 15.9 Å². The van der Waals surface area contributed by atoms with Crippen LogP contribution in [-0.2, 0) is 21.4 Å². The summed E-state index contributed by atoms with van der Waals surface area (Å²) in [5, 5.41) is 2.95. The highest BCUT2D eigenvalue weighted by molar-refractivity contribution is 7.89. The highest BCUT2D eigenvalue weighted by Gasteiger charge is 2.33. The Hall–Kier alpha value is -3.49. The second kappa shape index (κ2) is 9.40. The van der Waals surface area contributed by atoms with Gasteiger partial charge in [0.1, 0.15) is 5.82 Å². The fourth-order valence-electron chi connectivity index (χ4n) is 4.34. The summed E-state index contributed by atoms with van der Waals surface area (Å²) in [6, 6.07) is 24.3. The molecular weight excluding hydrogens is 448 g/mol. The molecule has 1 aromatic heterocycles. The number of hydrogen-bond donors (Lipinski definition) is 2. The molecule has 1 aliphatic rings. The maximum absolute atomic E-state index is 13.4. The van der Waals surface area contributed by atoms with E-state index in [2.05, 4.69) is 15.3 Å². The van der Waals surface area contributed by atoms with Gasteiger partial charge in [-0.25, -0.2) is 13.4 Å². The van der Waals surface area contributed by atoms with Crippen LogP contribution in [0.1, 0.15) is 18.4 Å². The van der Waals surface area contributed by atoms with E-state index in [1.807, 2.05) is 60.7 Å². The van der Waals surface area contributed by atoms with Crippen LogP contribution in [0, 0.1) is 5.92 Å². The number of aromatic nitrogens is 2. The number of rotatable bonds is 6. The molecule has 0 spiro atoms. The van der Waals surface area contributed by atoms with E-state index in [4.69, 9.17) is 0 Å². The minimum Gasteiger partial charge on any atom is -0.352 e. The average molecular weight is 475 g/mol. The van der Waals surface area contributed by atoms with Crippen LogP contribution in [0.5, 0.6) is 0 Å². The summed E-state index contributed by atoms with van der Waals surface area (Å²) in [4.78, 5) is 20.8. The summed E-state index contributed by atoms with van der Waals surface area (Å²) in [5.41, 5.74) is 3.31. The van der Waals surface area contributed by atoms with Gasteiger partial charge in [-0.1, -0.05) is 60.7 Å². The first-order chi connectivity index (χ1) is 16.5. The van der Waals surface area contributed by atoms with Crippen molar-refractivity contribution in [2.75, 3.05) is 13.1 Å². The SMILES string of the molecule is O=C(NCc1ccccc1)[C@@H]1CCCN(S(=O)(=O)c2ccc3nc(-c4ccccc4)[nH]c3c2)C1. The molecule has 174 valence electrons.